The summed E-state index contributed by atoms with van der Waals surface area (Å²) in [6.45, 7) is 2.91. The van der Waals surface area contributed by atoms with Gasteiger partial charge in [0.25, 0.3) is 0 Å². The van der Waals surface area contributed by atoms with Gasteiger partial charge >= 0.3 is 5.97 Å². The van der Waals surface area contributed by atoms with Gasteiger partial charge in [-0.15, -0.1) is 5.10 Å². The number of benzene rings is 1. The smallest absolute Gasteiger partial charge is 0.306 e. The van der Waals surface area contributed by atoms with E-state index < -0.39 is 5.97 Å². The zero-order valence-corrected chi connectivity index (χ0v) is 19.7. The van der Waals surface area contributed by atoms with Crippen molar-refractivity contribution in [2.24, 2.45) is 11.8 Å². The number of aliphatic carboxylic acids is 1. The topological polar surface area (TPSA) is 93.4 Å². The second kappa shape index (κ2) is 8.96. The molecule has 8 nitrogen and oxygen atoms in total. The first kappa shape index (κ1) is 21.6. The Morgan fingerprint density at radius 2 is 2.03 bits per heavy atom. The van der Waals surface area contributed by atoms with Crippen molar-refractivity contribution in [2.75, 3.05) is 13.1 Å². The molecule has 3 heterocycles. The van der Waals surface area contributed by atoms with E-state index in [4.69, 9.17) is 16.3 Å². The molecule has 0 spiro atoms. The Bertz CT molecular complexity index is 1160. The Balaban J connectivity index is 1.35. The number of ether oxygens (including phenoxy) is 1. The van der Waals surface area contributed by atoms with Gasteiger partial charge in [0.1, 0.15) is 11.3 Å². The van der Waals surface area contributed by atoms with Crippen LogP contribution >= 0.6 is 27.5 Å². The lowest BCUT2D eigenvalue weighted by Crippen LogP contribution is -2.35. The van der Waals surface area contributed by atoms with Gasteiger partial charge in [0.05, 0.1) is 20.9 Å². The van der Waals surface area contributed by atoms with Gasteiger partial charge in [-0.3, -0.25) is 9.69 Å². The first-order chi connectivity index (χ1) is 15.5. The Kier molecular flexibility index (Phi) is 6.05. The van der Waals surface area contributed by atoms with Crippen LogP contribution in [0.15, 0.2) is 28.9 Å². The number of carbonyl (C=O) groups is 1. The third-order valence-corrected chi connectivity index (χ3v) is 7.12. The van der Waals surface area contributed by atoms with Gasteiger partial charge in [-0.1, -0.05) is 16.8 Å². The number of rotatable bonds is 7. The van der Waals surface area contributed by atoms with Gasteiger partial charge in [-0.25, -0.2) is 9.67 Å². The van der Waals surface area contributed by atoms with Gasteiger partial charge < -0.3 is 9.84 Å². The highest BCUT2D eigenvalue weighted by Gasteiger charge is 2.26. The first-order valence-electron chi connectivity index (χ1n) is 10.8. The highest BCUT2D eigenvalue weighted by Crippen LogP contribution is 2.37. The molecule has 2 fully saturated rings. The number of aromatic nitrogens is 4. The van der Waals surface area contributed by atoms with E-state index in [2.05, 4.69) is 36.1 Å². The minimum Gasteiger partial charge on any atom is -0.481 e. The molecule has 2 aliphatic rings. The lowest BCUT2D eigenvalue weighted by Gasteiger charge is -2.30. The molecule has 0 atom stereocenters. The maximum absolute atomic E-state index is 11.2. The fourth-order valence-corrected chi connectivity index (χ4v) is 4.78. The quantitative estimate of drug-likeness (QED) is 0.481. The van der Waals surface area contributed by atoms with E-state index >= 15 is 0 Å². The number of carboxylic acid groups (broad SMARTS) is 1. The molecule has 5 rings (SSSR count). The molecule has 0 amide bonds. The molecule has 1 aromatic carbocycles. The van der Waals surface area contributed by atoms with E-state index in [1.807, 2.05) is 22.9 Å². The number of likely N-dealkylation sites (tertiary alicyclic amines) is 1. The van der Waals surface area contributed by atoms with Crippen molar-refractivity contribution in [1.82, 2.24) is 24.9 Å². The summed E-state index contributed by atoms with van der Waals surface area (Å²) in [5, 5.41) is 18.4. The molecule has 1 aliphatic heterocycles. The summed E-state index contributed by atoms with van der Waals surface area (Å²) in [7, 11) is 0. The van der Waals surface area contributed by atoms with Crippen LogP contribution in [0.3, 0.4) is 0 Å². The molecule has 10 heteroatoms. The number of piperidine rings is 1. The Labute approximate surface area is 198 Å². The van der Waals surface area contributed by atoms with E-state index in [-0.39, 0.29) is 5.92 Å². The number of fused-ring (bicyclic) bond motifs is 1. The van der Waals surface area contributed by atoms with Crippen molar-refractivity contribution in [3.8, 4) is 11.6 Å². The van der Waals surface area contributed by atoms with Gasteiger partial charge in [0.2, 0.25) is 5.88 Å². The Hall–Kier alpha value is -2.23. The molecule has 168 valence electrons. The second-order valence-corrected chi connectivity index (χ2v) is 9.80. The molecule has 3 aromatic rings. The van der Waals surface area contributed by atoms with Crippen LogP contribution in [0, 0.1) is 11.8 Å². The summed E-state index contributed by atoms with van der Waals surface area (Å²) in [5.41, 5.74) is 2.59. The molecule has 1 saturated heterocycles. The number of pyridine rings is 1. The molecule has 0 bridgehead atoms. The van der Waals surface area contributed by atoms with Crippen LogP contribution in [-0.4, -0.2) is 49.0 Å². The zero-order valence-electron chi connectivity index (χ0n) is 17.4. The van der Waals surface area contributed by atoms with Crippen molar-refractivity contribution in [1.29, 1.82) is 0 Å². The molecule has 1 saturated carbocycles. The highest BCUT2D eigenvalue weighted by atomic mass is 79.9. The van der Waals surface area contributed by atoms with Crippen LogP contribution in [0.4, 0.5) is 0 Å². The molecule has 1 N–H and O–H groups in total. The zero-order chi connectivity index (χ0) is 22.2. The maximum Gasteiger partial charge on any atom is 0.306 e. The van der Waals surface area contributed by atoms with Crippen molar-refractivity contribution in [3.05, 3.63) is 39.5 Å². The minimum absolute atomic E-state index is 0.268. The Morgan fingerprint density at radius 3 is 2.75 bits per heavy atom. The molecular formula is C22H23BrClN5O3. The first-order valence-corrected chi connectivity index (χ1v) is 11.9. The van der Waals surface area contributed by atoms with E-state index in [1.54, 1.807) is 6.20 Å². The van der Waals surface area contributed by atoms with Gasteiger partial charge in [-0.2, -0.15) is 0 Å². The molecular weight excluding hydrogens is 498 g/mol. The van der Waals surface area contributed by atoms with Crippen molar-refractivity contribution in [3.63, 3.8) is 0 Å². The number of hydrogen-bond donors (Lipinski definition) is 1. The minimum atomic E-state index is -0.715. The lowest BCUT2D eigenvalue weighted by atomic mass is 9.97. The Morgan fingerprint density at radius 1 is 1.25 bits per heavy atom. The molecule has 2 aromatic heterocycles. The number of hydrogen-bond acceptors (Lipinski definition) is 6. The van der Waals surface area contributed by atoms with Gasteiger partial charge in [0.15, 0.2) is 0 Å². The average Bonchev–Trinajstić information content (AvgIpc) is 3.50. The monoisotopic (exact) mass is 519 g/mol. The second-order valence-electron chi connectivity index (χ2n) is 8.57. The summed E-state index contributed by atoms with van der Waals surface area (Å²) in [6, 6.07) is 5.73. The number of nitrogens with zero attached hydrogens (tertiary/aromatic N) is 5. The van der Waals surface area contributed by atoms with Crippen LogP contribution in [0.1, 0.15) is 31.2 Å². The fourth-order valence-electron chi connectivity index (χ4n) is 4.10. The molecule has 0 radical (unpaired) electrons. The van der Waals surface area contributed by atoms with Crippen LogP contribution < -0.4 is 4.74 Å². The van der Waals surface area contributed by atoms with Gasteiger partial charge in [-0.05, 0) is 78.8 Å². The van der Waals surface area contributed by atoms with Crippen LogP contribution in [0.5, 0.6) is 11.6 Å². The fraction of sp³-hybridized carbons (Fsp3) is 0.455. The molecule has 32 heavy (non-hydrogen) atoms. The van der Waals surface area contributed by atoms with E-state index in [0.29, 0.717) is 55.0 Å². The standard InChI is InChI=1S/C22H23BrClN5O3/c23-19-18(4-3-17-20(19)26-27-29(17)11-13-1-2-13)32-21-15(9-16(24)10-25-21)12-28-7-5-14(6-8-28)22(30)31/h3-4,9-10,13-14H,1-2,5-8,11-12H2,(H,30,31). The van der Waals surface area contributed by atoms with Crippen LogP contribution in [-0.2, 0) is 17.9 Å². The predicted molar refractivity (Wildman–Crippen MR) is 123 cm³/mol. The largest absolute Gasteiger partial charge is 0.481 e. The molecule has 0 unspecified atom stereocenters. The number of carboxylic acids is 1. The summed E-state index contributed by atoms with van der Waals surface area (Å²) in [6.07, 6.45) is 5.34. The van der Waals surface area contributed by atoms with Crippen molar-refractivity contribution < 1.29 is 14.6 Å². The summed E-state index contributed by atoms with van der Waals surface area (Å²) >= 11 is 9.85. The summed E-state index contributed by atoms with van der Waals surface area (Å²) in [5.74, 6) is 0.802. The number of halogens is 2. The summed E-state index contributed by atoms with van der Waals surface area (Å²) < 4.78 is 8.88. The third kappa shape index (κ3) is 4.60. The van der Waals surface area contributed by atoms with E-state index in [9.17, 15) is 9.90 Å². The van der Waals surface area contributed by atoms with Crippen LogP contribution in [0.2, 0.25) is 5.02 Å². The third-order valence-electron chi connectivity index (χ3n) is 6.15. The summed E-state index contributed by atoms with van der Waals surface area (Å²) in [4.78, 5) is 17.9. The molecule has 1 aliphatic carbocycles. The van der Waals surface area contributed by atoms with Crippen molar-refractivity contribution in [2.45, 2.75) is 38.8 Å². The maximum atomic E-state index is 11.2. The van der Waals surface area contributed by atoms with Gasteiger partial charge in [0, 0.05) is 24.8 Å². The van der Waals surface area contributed by atoms with Crippen molar-refractivity contribution >= 4 is 44.5 Å². The SMILES string of the molecule is O=C(O)C1CCN(Cc2cc(Cl)cnc2Oc2ccc3c(nnn3CC3CC3)c2Br)CC1. The van der Waals surface area contributed by atoms with E-state index in [0.717, 1.165) is 27.6 Å². The predicted octanol–water partition coefficient (Wildman–Crippen LogP) is 4.74. The lowest BCUT2D eigenvalue weighted by molar-refractivity contribution is -0.143. The average molecular weight is 521 g/mol. The van der Waals surface area contributed by atoms with E-state index in [1.165, 1.54) is 12.8 Å². The van der Waals surface area contributed by atoms with Crippen LogP contribution in [0.25, 0.3) is 11.0 Å². The normalized spacial score (nSPS) is 17.7. The highest BCUT2D eigenvalue weighted by molar-refractivity contribution is 9.10.